The molecule has 9 heteroatoms. The van der Waals surface area contributed by atoms with Gasteiger partial charge >= 0.3 is 0 Å². The van der Waals surface area contributed by atoms with Crippen LogP contribution in [0.4, 0.5) is 5.82 Å². The molecular formula is C20H24N6O2S. The number of carbonyl (C=O) groups is 1. The van der Waals surface area contributed by atoms with Crippen LogP contribution >= 0.6 is 11.3 Å². The molecule has 0 spiro atoms. The number of nitrogens with zero attached hydrogens (tertiary/aromatic N) is 4. The standard InChI is InChI=1S/C20H24N6O2S/c1-14-4-5-16(28-14)19-23-15(20-22-7-11-29-20)12-17(25-19)24-18(27)13-21-6-10-26-8-2-3-9-26/h4-5,7,11-12,21H,2-3,6,8-10,13H2,1H3,(H,23,24,25,27). The molecule has 0 bridgehead atoms. The van der Waals surface area contributed by atoms with Crippen LogP contribution in [0.1, 0.15) is 18.6 Å². The Morgan fingerprint density at radius 3 is 2.86 bits per heavy atom. The van der Waals surface area contributed by atoms with E-state index in [9.17, 15) is 4.79 Å². The molecule has 1 amide bonds. The van der Waals surface area contributed by atoms with Gasteiger partial charge in [-0.05, 0) is 45.0 Å². The Hall–Kier alpha value is -2.62. The summed E-state index contributed by atoms with van der Waals surface area (Å²) in [5, 5.41) is 8.70. The van der Waals surface area contributed by atoms with Crippen LogP contribution < -0.4 is 10.6 Å². The van der Waals surface area contributed by atoms with Gasteiger partial charge in [0.05, 0.1) is 6.54 Å². The number of hydrogen-bond acceptors (Lipinski definition) is 8. The van der Waals surface area contributed by atoms with Gasteiger partial charge in [0, 0.05) is 30.7 Å². The van der Waals surface area contributed by atoms with Gasteiger partial charge in [0.2, 0.25) is 5.91 Å². The smallest absolute Gasteiger partial charge is 0.239 e. The third-order valence-electron chi connectivity index (χ3n) is 4.69. The van der Waals surface area contributed by atoms with Gasteiger partial charge < -0.3 is 20.0 Å². The lowest BCUT2D eigenvalue weighted by Gasteiger charge is -2.14. The highest BCUT2D eigenvalue weighted by atomic mass is 32.1. The molecule has 0 aliphatic carbocycles. The maximum Gasteiger partial charge on any atom is 0.239 e. The maximum atomic E-state index is 12.4. The second-order valence-electron chi connectivity index (χ2n) is 6.98. The Labute approximate surface area is 173 Å². The molecule has 152 valence electrons. The van der Waals surface area contributed by atoms with Crippen molar-refractivity contribution in [1.29, 1.82) is 0 Å². The van der Waals surface area contributed by atoms with Crippen molar-refractivity contribution < 1.29 is 9.21 Å². The molecule has 4 rings (SSSR count). The minimum absolute atomic E-state index is 0.142. The number of furan rings is 1. The van der Waals surface area contributed by atoms with E-state index in [0.717, 1.165) is 36.9 Å². The molecule has 0 aromatic carbocycles. The number of aromatic nitrogens is 3. The summed E-state index contributed by atoms with van der Waals surface area (Å²) in [4.78, 5) is 28.1. The van der Waals surface area contributed by atoms with Gasteiger partial charge in [0.25, 0.3) is 0 Å². The van der Waals surface area contributed by atoms with Crippen molar-refractivity contribution in [2.45, 2.75) is 19.8 Å². The first kappa shape index (κ1) is 19.7. The van der Waals surface area contributed by atoms with Crippen LogP contribution in [0.3, 0.4) is 0 Å². The number of aryl methyl sites for hydroxylation is 1. The fourth-order valence-corrected chi connectivity index (χ4v) is 3.87. The molecule has 29 heavy (non-hydrogen) atoms. The quantitative estimate of drug-likeness (QED) is 0.549. The molecule has 1 saturated heterocycles. The number of thiazole rings is 1. The third-order valence-corrected chi connectivity index (χ3v) is 5.49. The van der Waals surface area contributed by atoms with Crippen molar-refractivity contribution in [2.24, 2.45) is 0 Å². The van der Waals surface area contributed by atoms with Crippen LogP contribution in [-0.4, -0.2) is 58.5 Å². The molecule has 8 nitrogen and oxygen atoms in total. The van der Waals surface area contributed by atoms with E-state index in [1.165, 1.54) is 24.2 Å². The van der Waals surface area contributed by atoms with Crippen molar-refractivity contribution in [1.82, 2.24) is 25.2 Å². The second-order valence-corrected chi connectivity index (χ2v) is 7.88. The lowest BCUT2D eigenvalue weighted by atomic mass is 10.3. The number of likely N-dealkylation sites (tertiary alicyclic amines) is 1. The Morgan fingerprint density at radius 2 is 2.14 bits per heavy atom. The van der Waals surface area contributed by atoms with E-state index in [1.54, 1.807) is 12.3 Å². The Balaban J connectivity index is 1.42. The molecule has 0 unspecified atom stereocenters. The summed E-state index contributed by atoms with van der Waals surface area (Å²) in [6.07, 6.45) is 4.27. The molecule has 3 aromatic heterocycles. The molecule has 1 aliphatic rings. The molecule has 0 saturated carbocycles. The summed E-state index contributed by atoms with van der Waals surface area (Å²) in [7, 11) is 0. The van der Waals surface area contributed by atoms with Crippen molar-refractivity contribution in [3.8, 4) is 22.3 Å². The van der Waals surface area contributed by atoms with Gasteiger partial charge in [0.15, 0.2) is 11.6 Å². The number of rotatable bonds is 8. The monoisotopic (exact) mass is 412 g/mol. The molecule has 2 N–H and O–H groups in total. The fourth-order valence-electron chi connectivity index (χ4n) is 3.27. The van der Waals surface area contributed by atoms with Crippen molar-refractivity contribution >= 4 is 23.1 Å². The first-order valence-electron chi connectivity index (χ1n) is 9.76. The Morgan fingerprint density at radius 1 is 1.28 bits per heavy atom. The van der Waals surface area contributed by atoms with Crippen LogP contribution in [0.5, 0.6) is 0 Å². The van der Waals surface area contributed by atoms with E-state index >= 15 is 0 Å². The van der Waals surface area contributed by atoms with Gasteiger partial charge in [-0.3, -0.25) is 4.79 Å². The van der Waals surface area contributed by atoms with E-state index in [4.69, 9.17) is 4.42 Å². The predicted molar refractivity (Wildman–Crippen MR) is 113 cm³/mol. The van der Waals surface area contributed by atoms with Gasteiger partial charge in [-0.1, -0.05) is 0 Å². The molecule has 0 radical (unpaired) electrons. The van der Waals surface area contributed by atoms with E-state index < -0.39 is 0 Å². The molecular weight excluding hydrogens is 388 g/mol. The highest BCUT2D eigenvalue weighted by Crippen LogP contribution is 2.26. The zero-order valence-corrected chi connectivity index (χ0v) is 17.2. The minimum atomic E-state index is -0.142. The molecule has 3 aromatic rings. The van der Waals surface area contributed by atoms with Gasteiger partial charge in [-0.25, -0.2) is 15.0 Å². The number of anilines is 1. The zero-order valence-electron chi connectivity index (χ0n) is 16.4. The van der Waals surface area contributed by atoms with Crippen molar-refractivity contribution in [2.75, 3.05) is 38.0 Å². The second kappa shape index (κ2) is 9.25. The topological polar surface area (TPSA) is 96.2 Å². The van der Waals surface area contributed by atoms with E-state index in [0.29, 0.717) is 23.1 Å². The SMILES string of the molecule is Cc1ccc(-c2nc(NC(=O)CNCCN3CCCC3)cc(-c3nccs3)n2)o1. The van der Waals surface area contributed by atoms with Gasteiger partial charge in [-0.15, -0.1) is 11.3 Å². The average Bonchev–Trinajstić information content (AvgIpc) is 3.47. The van der Waals surface area contributed by atoms with Crippen LogP contribution in [0.2, 0.25) is 0 Å². The lowest BCUT2D eigenvalue weighted by Crippen LogP contribution is -2.34. The van der Waals surface area contributed by atoms with Crippen molar-refractivity contribution in [3.05, 3.63) is 35.5 Å². The summed E-state index contributed by atoms with van der Waals surface area (Å²) in [6, 6.07) is 5.42. The molecule has 4 heterocycles. The minimum Gasteiger partial charge on any atom is -0.458 e. The average molecular weight is 413 g/mol. The van der Waals surface area contributed by atoms with Crippen LogP contribution in [-0.2, 0) is 4.79 Å². The number of hydrogen-bond donors (Lipinski definition) is 2. The predicted octanol–water partition coefficient (Wildman–Crippen LogP) is 2.79. The summed E-state index contributed by atoms with van der Waals surface area (Å²) in [5.74, 6) is 2.04. The largest absolute Gasteiger partial charge is 0.458 e. The highest BCUT2D eigenvalue weighted by molar-refractivity contribution is 7.13. The zero-order chi connectivity index (χ0) is 20.1. The number of carbonyl (C=O) groups excluding carboxylic acids is 1. The summed E-state index contributed by atoms with van der Waals surface area (Å²) < 4.78 is 5.66. The van der Waals surface area contributed by atoms with Gasteiger partial charge in [-0.2, -0.15) is 0 Å². The van der Waals surface area contributed by atoms with E-state index in [2.05, 4.69) is 30.5 Å². The third kappa shape index (κ3) is 5.26. The summed E-state index contributed by atoms with van der Waals surface area (Å²) in [6.45, 7) is 6.17. The van der Waals surface area contributed by atoms with Gasteiger partial charge in [0.1, 0.15) is 22.3 Å². The lowest BCUT2D eigenvalue weighted by molar-refractivity contribution is -0.115. The van der Waals surface area contributed by atoms with E-state index in [1.807, 2.05) is 24.4 Å². The first-order chi connectivity index (χ1) is 14.2. The van der Waals surface area contributed by atoms with Crippen molar-refractivity contribution in [3.63, 3.8) is 0 Å². The maximum absolute atomic E-state index is 12.4. The van der Waals surface area contributed by atoms with E-state index in [-0.39, 0.29) is 12.5 Å². The molecule has 1 fully saturated rings. The van der Waals surface area contributed by atoms with Crippen LogP contribution in [0.15, 0.2) is 34.2 Å². The highest BCUT2D eigenvalue weighted by Gasteiger charge is 2.15. The Kier molecular flexibility index (Phi) is 6.28. The number of amides is 1. The normalized spacial score (nSPS) is 14.4. The van der Waals surface area contributed by atoms with Crippen LogP contribution in [0.25, 0.3) is 22.3 Å². The Bertz CT molecular complexity index is 950. The van der Waals surface area contributed by atoms with Crippen LogP contribution in [0, 0.1) is 6.92 Å². The molecule has 1 aliphatic heterocycles. The fraction of sp³-hybridized carbons (Fsp3) is 0.400. The summed E-state index contributed by atoms with van der Waals surface area (Å²) in [5.41, 5.74) is 0.649. The first-order valence-corrected chi connectivity index (χ1v) is 10.6. The number of nitrogens with one attached hydrogen (secondary N) is 2. The summed E-state index contributed by atoms with van der Waals surface area (Å²) >= 11 is 1.48. The molecule has 0 atom stereocenters.